The lowest BCUT2D eigenvalue weighted by Gasteiger charge is -2.22. The minimum atomic E-state index is 0.449. The quantitative estimate of drug-likeness (QED) is 0.899. The zero-order valence-electron chi connectivity index (χ0n) is 13.0. The average molecular weight is 279 g/mol. The third kappa shape index (κ3) is 2.70. The van der Waals surface area contributed by atoms with Crippen LogP contribution in [0.1, 0.15) is 38.2 Å². The van der Waals surface area contributed by atoms with E-state index in [0.717, 1.165) is 24.3 Å². The molecule has 0 radical (unpaired) electrons. The highest BCUT2D eigenvalue weighted by Crippen LogP contribution is 2.42. The van der Waals surface area contributed by atoms with E-state index in [0.29, 0.717) is 23.8 Å². The number of ether oxygens (including phenoxy) is 3. The summed E-state index contributed by atoms with van der Waals surface area (Å²) in [4.78, 5) is 0. The van der Waals surface area contributed by atoms with Crippen LogP contribution in [0.5, 0.6) is 17.2 Å². The summed E-state index contributed by atoms with van der Waals surface area (Å²) in [5, 5.41) is 3.64. The summed E-state index contributed by atoms with van der Waals surface area (Å²) in [7, 11) is 5.02. The molecule has 0 bridgehead atoms. The van der Waals surface area contributed by atoms with Crippen molar-refractivity contribution in [3.8, 4) is 17.2 Å². The molecule has 20 heavy (non-hydrogen) atoms. The van der Waals surface area contributed by atoms with Crippen molar-refractivity contribution in [3.05, 3.63) is 17.7 Å². The number of methoxy groups -OCH3 is 3. The molecule has 1 aliphatic heterocycles. The molecular weight excluding hydrogens is 254 g/mol. The van der Waals surface area contributed by atoms with Crippen molar-refractivity contribution in [3.63, 3.8) is 0 Å². The first-order valence-electron chi connectivity index (χ1n) is 7.20. The van der Waals surface area contributed by atoms with Crippen molar-refractivity contribution in [1.29, 1.82) is 0 Å². The maximum atomic E-state index is 5.56. The third-order valence-corrected chi connectivity index (χ3v) is 4.17. The second-order valence-electron chi connectivity index (χ2n) is 5.37. The van der Waals surface area contributed by atoms with Crippen molar-refractivity contribution in [2.24, 2.45) is 0 Å². The lowest BCUT2D eigenvalue weighted by Crippen LogP contribution is -2.28. The van der Waals surface area contributed by atoms with Gasteiger partial charge in [0.1, 0.15) is 5.75 Å². The Bertz CT molecular complexity index is 461. The van der Waals surface area contributed by atoms with E-state index in [9.17, 15) is 0 Å². The van der Waals surface area contributed by atoms with Crippen molar-refractivity contribution >= 4 is 0 Å². The van der Waals surface area contributed by atoms with Gasteiger partial charge in [-0.25, -0.2) is 0 Å². The van der Waals surface area contributed by atoms with Crippen LogP contribution in [0, 0.1) is 0 Å². The Hall–Kier alpha value is -1.42. The molecule has 0 aliphatic carbocycles. The lowest BCUT2D eigenvalue weighted by atomic mass is 9.88. The van der Waals surface area contributed by atoms with E-state index in [1.165, 1.54) is 5.56 Å². The molecule has 0 amide bonds. The first kappa shape index (κ1) is 15.0. The normalized spacial score (nSPS) is 25.6. The number of nitrogens with one attached hydrogen (secondary N) is 1. The second-order valence-corrected chi connectivity index (χ2v) is 5.37. The zero-order valence-corrected chi connectivity index (χ0v) is 13.0. The minimum absolute atomic E-state index is 0.449. The molecule has 3 unspecified atom stereocenters. The standard InChI is InChI=1S/C16H25NO3/c1-6-13-11(7-10(2)17-13)12-8-15(19-4)16(20-5)9-14(12)18-3/h8-11,13,17H,6-7H2,1-5H3. The molecule has 1 aromatic carbocycles. The Morgan fingerprint density at radius 2 is 1.65 bits per heavy atom. The maximum Gasteiger partial charge on any atom is 0.164 e. The lowest BCUT2D eigenvalue weighted by molar-refractivity contribution is 0.345. The Morgan fingerprint density at radius 1 is 1.05 bits per heavy atom. The van der Waals surface area contributed by atoms with Gasteiger partial charge in [0, 0.05) is 29.6 Å². The molecule has 1 fully saturated rings. The van der Waals surface area contributed by atoms with E-state index < -0.39 is 0 Å². The highest BCUT2D eigenvalue weighted by Gasteiger charge is 2.33. The second kappa shape index (κ2) is 6.35. The molecule has 1 aliphatic rings. The van der Waals surface area contributed by atoms with Gasteiger partial charge in [-0.05, 0) is 25.8 Å². The zero-order chi connectivity index (χ0) is 14.7. The van der Waals surface area contributed by atoms with Crippen LogP contribution in [-0.2, 0) is 0 Å². The van der Waals surface area contributed by atoms with Crippen LogP contribution in [0.15, 0.2) is 12.1 Å². The fourth-order valence-corrected chi connectivity index (χ4v) is 3.18. The fraction of sp³-hybridized carbons (Fsp3) is 0.625. The number of hydrogen-bond donors (Lipinski definition) is 1. The largest absolute Gasteiger partial charge is 0.496 e. The molecule has 0 aromatic heterocycles. The van der Waals surface area contributed by atoms with Crippen molar-refractivity contribution in [2.75, 3.05) is 21.3 Å². The molecule has 3 atom stereocenters. The van der Waals surface area contributed by atoms with E-state index in [1.54, 1.807) is 21.3 Å². The predicted molar refractivity (Wildman–Crippen MR) is 80.1 cm³/mol. The van der Waals surface area contributed by atoms with E-state index in [4.69, 9.17) is 14.2 Å². The van der Waals surface area contributed by atoms with Gasteiger partial charge in [-0.1, -0.05) is 6.92 Å². The molecule has 4 heteroatoms. The van der Waals surface area contributed by atoms with Gasteiger partial charge in [0.05, 0.1) is 21.3 Å². The van der Waals surface area contributed by atoms with Gasteiger partial charge >= 0.3 is 0 Å². The summed E-state index contributed by atoms with van der Waals surface area (Å²) in [5.41, 5.74) is 1.20. The topological polar surface area (TPSA) is 39.7 Å². The molecule has 1 saturated heterocycles. The number of benzene rings is 1. The van der Waals surface area contributed by atoms with Gasteiger partial charge in [-0.2, -0.15) is 0 Å². The van der Waals surface area contributed by atoms with Crippen LogP contribution in [-0.4, -0.2) is 33.4 Å². The summed E-state index contributed by atoms with van der Waals surface area (Å²) >= 11 is 0. The van der Waals surface area contributed by atoms with Crippen LogP contribution in [0.25, 0.3) is 0 Å². The van der Waals surface area contributed by atoms with Crippen molar-refractivity contribution in [2.45, 2.75) is 44.7 Å². The smallest absolute Gasteiger partial charge is 0.164 e. The summed E-state index contributed by atoms with van der Waals surface area (Å²) < 4.78 is 16.3. The van der Waals surface area contributed by atoms with E-state index in [-0.39, 0.29) is 0 Å². The molecule has 0 spiro atoms. The third-order valence-electron chi connectivity index (χ3n) is 4.17. The average Bonchev–Trinajstić information content (AvgIpc) is 2.86. The minimum Gasteiger partial charge on any atom is -0.496 e. The molecule has 2 rings (SSSR count). The maximum absolute atomic E-state index is 5.56. The van der Waals surface area contributed by atoms with Crippen LogP contribution in [0.3, 0.4) is 0 Å². The molecule has 0 saturated carbocycles. The van der Waals surface area contributed by atoms with Crippen molar-refractivity contribution < 1.29 is 14.2 Å². The number of hydrogen-bond acceptors (Lipinski definition) is 4. The van der Waals surface area contributed by atoms with Crippen LogP contribution < -0.4 is 19.5 Å². The van der Waals surface area contributed by atoms with Crippen LogP contribution in [0.2, 0.25) is 0 Å². The van der Waals surface area contributed by atoms with E-state index in [2.05, 4.69) is 25.2 Å². The molecule has 1 N–H and O–H groups in total. The Morgan fingerprint density at radius 3 is 2.20 bits per heavy atom. The van der Waals surface area contributed by atoms with E-state index >= 15 is 0 Å². The summed E-state index contributed by atoms with van der Waals surface area (Å²) in [6.45, 7) is 4.45. The van der Waals surface area contributed by atoms with Gasteiger partial charge in [0.2, 0.25) is 0 Å². The molecule has 1 aromatic rings. The first-order valence-corrected chi connectivity index (χ1v) is 7.20. The summed E-state index contributed by atoms with van der Waals surface area (Å²) in [5.74, 6) is 2.80. The Labute approximate surface area is 121 Å². The van der Waals surface area contributed by atoms with Gasteiger partial charge in [-0.15, -0.1) is 0 Å². The Balaban J connectivity index is 2.44. The molecular formula is C16H25NO3. The van der Waals surface area contributed by atoms with Gasteiger partial charge in [0.25, 0.3) is 0 Å². The summed E-state index contributed by atoms with van der Waals surface area (Å²) in [6, 6.07) is 4.99. The highest BCUT2D eigenvalue weighted by atomic mass is 16.5. The molecule has 1 heterocycles. The van der Waals surface area contributed by atoms with E-state index in [1.807, 2.05) is 6.07 Å². The first-order chi connectivity index (χ1) is 9.64. The summed E-state index contributed by atoms with van der Waals surface area (Å²) in [6.07, 6.45) is 2.22. The predicted octanol–water partition coefficient (Wildman–Crippen LogP) is 2.96. The number of rotatable bonds is 5. The Kier molecular flexibility index (Phi) is 4.76. The monoisotopic (exact) mass is 279 g/mol. The molecule has 112 valence electrons. The SMILES string of the molecule is CCC1NC(C)CC1c1cc(OC)c(OC)cc1OC. The van der Waals surface area contributed by atoms with Crippen molar-refractivity contribution in [1.82, 2.24) is 5.32 Å². The van der Waals surface area contributed by atoms with Crippen LogP contribution >= 0.6 is 0 Å². The van der Waals surface area contributed by atoms with Gasteiger partial charge in [-0.3, -0.25) is 0 Å². The molecule has 4 nitrogen and oxygen atoms in total. The fourth-order valence-electron chi connectivity index (χ4n) is 3.18. The van der Waals surface area contributed by atoms with Crippen LogP contribution in [0.4, 0.5) is 0 Å². The van der Waals surface area contributed by atoms with Gasteiger partial charge < -0.3 is 19.5 Å². The highest BCUT2D eigenvalue weighted by molar-refractivity contribution is 5.52. The van der Waals surface area contributed by atoms with Gasteiger partial charge in [0.15, 0.2) is 11.5 Å².